The second-order valence-electron chi connectivity index (χ2n) is 4.37. The van der Waals surface area contributed by atoms with Gasteiger partial charge >= 0.3 is 0 Å². The van der Waals surface area contributed by atoms with Crippen LogP contribution in [0.1, 0.15) is 32.3 Å². The van der Waals surface area contributed by atoms with E-state index in [9.17, 15) is 4.79 Å². The van der Waals surface area contributed by atoms with Gasteiger partial charge in [-0.05, 0) is 30.7 Å². The summed E-state index contributed by atoms with van der Waals surface area (Å²) in [5.74, 6) is 0. The molecule has 1 heterocycles. The highest BCUT2D eigenvalue weighted by Gasteiger charge is 2.26. The molecule has 0 unspecified atom stereocenters. The number of halogens is 1. The monoisotopic (exact) mass is 286 g/mol. The minimum absolute atomic E-state index is 0.00720. The van der Waals surface area contributed by atoms with Crippen molar-refractivity contribution in [3.05, 3.63) is 28.2 Å². The third-order valence-corrected chi connectivity index (χ3v) is 4.46. The average molecular weight is 287 g/mol. The lowest BCUT2D eigenvalue weighted by molar-refractivity contribution is 0.242. The third kappa shape index (κ3) is 2.94. The van der Waals surface area contributed by atoms with Crippen LogP contribution in [0.5, 0.6) is 0 Å². The van der Waals surface area contributed by atoms with E-state index < -0.39 is 0 Å². The van der Waals surface area contributed by atoms with Crippen molar-refractivity contribution in [3.8, 4) is 0 Å². The highest BCUT2D eigenvalue weighted by molar-refractivity contribution is 9.09. The molecule has 0 radical (unpaired) electrons. The van der Waals surface area contributed by atoms with Crippen LogP contribution in [0.15, 0.2) is 17.1 Å². The summed E-state index contributed by atoms with van der Waals surface area (Å²) in [5, 5.41) is 5.09. The van der Waals surface area contributed by atoms with Gasteiger partial charge in [-0.3, -0.25) is 4.79 Å². The maximum Gasteiger partial charge on any atom is 0.267 e. The van der Waals surface area contributed by atoms with Crippen LogP contribution >= 0.6 is 15.9 Å². The Labute approximate surface area is 105 Å². The molecule has 0 spiro atoms. The molecule has 0 bridgehead atoms. The zero-order valence-electron chi connectivity index (χ0n) is 10.2. The first-order valence-corrected chi connectivity index (χ1v) is 6.79. The van der Waals surface area contributed by atoms with Crippen LogP contribution in [-0.4, -0.2) is 15.1 Å². The minimum Gasteiger partial charge on any atom is -0.268 e. The van der Waals surface area contributed by atoms with Crippen molar-refractivity contribution in [2.75, 3.05) is 5.33 Å². The van der Waals surface area contributed by atoms with Gasteiger partial charge < -0.3 is 0 Å². The molecule has 90 valence electrons. The lowest BCUT2D eigenvalue weighted by atomic mass is 9.85. The van der Waals surface area contributed by atoms with Gasteiger partial charge in [0.1, 0.15) is 0 Å². The van der Waals surface area contributed by atoms with Gasteiger partial charge in [0.2, 0.25) is 0 Å². The molecule has 0 amide bonds. The van der Waals surface area contributed by atoms with Crippen molar-refractivity contribution in [2.24, 2.45) is 5.41 Å². The smallest absolute Gasteiger partial charge is 0.267 e. The van der Waals surface area contributed by atoms with E-state index in [1.807, 2.05) is 6.92 Å². The molecule has 0 atom stereocenters. The number of nitrogens with zero attached hydrogens (tertiary/aromatic N) is 2. The van der Waals surface area contributed by atoms with E-state index >= 15 is 0 Å². The fourth-order valence-electron chi connectivity index (χ4n) is 1.67. The molecule has 1 rings (SSSR count). The Morgan fingerprint density at radius 2 is 2.06 bits per heavy atom. The first-order chi connectivity index (χ1) is 7.56. The summed E-state index contributed by atoms with van der Waals surface area (Å²) in [5.41, 5.74) is 1.04. The number of hydrogen-bond donors (Lipinski definition) is 0. The van der Waals surface area contributed by atoms with Crippen LogP contribution in [0.3, 0.4) is 0 Å². The predicted octanol–water partition coefficient (Wildman–Crippen LogP) is 2.75. The molecule has 0 aliphatic heterocycles. The largest absolute Gasteiger partial charge is 0.268 e. The fraction of sp³-hybridized carbons (Fsp3) is 0.667. The molecule has 0 N–H and O–H groups in total. The molecule has 0 aromatic carbocycles. The number of aromatic nitrogens is 2. The van der Waals surface area contributed by atoms with Gasteiger partial charge in [0.15, 0.2) is 0 Å². The zero-order chi connectivity index (χ0) is 12.2. The normalized spacial score (nSPS) is 11.8. The van der Waals surface area contributed by atoms with E-state index in [0.29, 0.717) is 6.54 Å². The van der Waals surface area contributed by atoms with Gasteiger partial charge in [0.05, 0.1) is 12.7 Å². The molecular formula is C12H19BrN2O. The highest BCUT2D eigenvalue weighted by atomic mass is 79.9. The third-order valence-electron chi connectivity index (χ3n) is 3.27. The Hall–Kier alpha value is -0.640. The van der Waals surface area contributed by atoms with E-state index in [0.717, 1.165) is 23.7 Å². The van der Waals surface area contributed by atoms with Crippen LogP contribution in [0.25, 0.3) is 0 Å². The Bertz CT molecular complexity index is 388. The van der Waals surface area contributed by atoms with Crippen LogP contribution in [0, 0.1) is 12.3 Å². The molecule has 0 fully saturated rings. The van der Waals surface area contributed by atoms with Crippen molar-refractivity contribution in [2.45, 2.75) is 40.2 Å². The van der Waals surface area contributed by atoms with Crippen molar-refractivity contribution < 1.29 is 0 Å². The summed E-state index contributed by atoms with van der Waals surface area (Å²) < 4.78 is 1.57. The van der Waals surface area contributed by atoms with Gasteiger partial charge in [-0.2, -0.15) is 5.10 Å². The van der Waals surface area contributed by atoms with E-state index in [1.165, 1.54) is 0 Å². The van der Waals surface area contributed by atoms with E-state index in [-0.39, 0.29) is 11.0 Å². The lowest BCUT2D eigenvalue weighted by Gasteiger charge is -2.29. The summed E-state index contributed by atoms with van der Waals surface area (Å²) in [4.78, 5) is 11.8. The second-order valence-corrected chi connectivity index (χ2v) is 4.93. The summed E-state index contributed by atoms with van der Waals surface area (Å²) in [6, 6.07) is 1.64. The molecule has 0 aliphatic rings. The number of aryl methyl sites for hydroxylation is 1. The standard InChI is InChI=1S/C12H19BrN2O/c1-4-12(5-2,8-13)9-15-11(16)6-10(3)7-14-15/h6-7H,4-5,8-9H2,1-3H3. The summed E-state index contributed by atoms with van der Waals surface area (Å²) >= 11 is 3.55. The van der Waals surface area contributed by atoms with Crippen molar-refractivity contribution in [1.82, 2.24) is 9.78 Å². The number of rotatable bonds is 5. The highest BCUT2D eigenvalue weighted by Crippen LogP contribution is 2.29. The van der Waals surface area contributed by atoms with Crippen molar-refractivity contribution >= 4 is 15.9 Å². The van der Waals surface area contributed by atoms with E-state index in [2.05, 4.69) is 34.9 Å². The molecule has 0 saturated heterocycles. The molecule has 1 aromatic rings. The first-order valence-electron chi connectivity index (χ1n) is 5.66. The molecule has 16 heavy (non-hydrogen) atoms. The second kappa shape index (κ2) is 5.62. The zero-order valence-corrected chi connectivity index (χ0v) is 11.7. The molecule has 3 nitrogen and oxygen atoms in total. The van der Waals surface area contributed by atoms with Gasteiger partial charge in [0.25, 0.3) is 5.56 Å². The minimum atomic E-state index is -0.00720. The molecule has 0 aliphatic carbocycles. The molecule has 4 heteroatoms. The quantitative estimate of drug-likeness (QED) is 0.780. The fourth-order valence-corrected chi connectivity index (χ4v) is 2.64. The maximum atomic E-state index is 11.8. The van der Waals surface area contributed by atoms with Gasteiger partial charge in [0, 0.05) is 11.4 Å². The SMILES string of the molecule is CCC(CC)(CBr)Cn1ncc(C)cc1=O. The molecule has 1 aromatic heterocycles. The summed E-state index contributed by atoms with van der Waals surface area (Å²) in [6.45, 7) is 6.88. The van der Waals surface area contributed by atoms with Gasteiger partial charge in [-0.1, -0.05) is 29.8 Å². The van der Waals surface area contributed by atoms with Gasteiger partial charge in [-0.15, -0.1) is 0 Å². The topological polar surface area (TPSA) is 34.9 Å². The van der Waals surface area contributed by atoms with Crippen molar-refractivity contribution in [3.63, 3.8) is 0 Å². The predicted molar refractivity (Wildman–Crippen MR) is 70.0 cm³/mol. The number of hydrogen-bond acceptors (Lipinski definition) is 2. The maximum absolute atomic E-state index is 11.8. The van der Waals surface area contributed by atoms with E-state index in [1.54, 1.807) is 16.9 Å². The molecule has 0 saturated carbocycles. The Morgan fingerprint density at radius 1 is 1.44 bits per heavy atom. The molecular weight excluding hydrogens is 268 g/mol. The Balaban J connectivity index is 2.98. The van der Waals surface area contributed by atoms with Crippen molar-refractivity contribution in [1.29, 1.82) is 0 Å². The Morgan fingerprint density at radius 3 is 2.50 bits per heavy atom. The number of alkyl halides is 1. The first kappa shape index (κ1) is 13.4. The van der Waals surface area contributed by atoms with Crippen LogP contribution in [0.4, 0.5) is 0 Å². The lowest BCUT2D eigenvalue weighted by Crippen LogP contribution is -2.34. The van der Waals surface area contributed by atoms with Gasteiger partial charge in [-0.25, -0.2) is 4.68 Å². The summed E-state index contributed by atoms with van der Waals surface area (Å²) in [7, 11) is 0. The Kier molecular flexibility index (Phi) is 4.71. The summed E-state index contributed by atoms with van der Waals surface area (Å²) in [6.07, 6.45) is 3.82. The van der Waals surface area contributed by atoms with Crippen LogP contribution in [-0.2, 0) is 6.54 Å². The average Bonchev–Trinajstić information content (AvgIpc) is 2.29. The van der Waals surface area contributed by atoms with Crippen LogP contribution < -0.4 is 5.56 Å². The van der Waals surface area contributed by atoms with Crippen LogP contribution in [0.2, 0.25) is 0 Å². The van der Waals surface area contributed by atoms with E-state index in [4.69, 9.17) is 0 Å².